The van der Waals surface area contributed by atoms with Crippen molar-refractivity contribution in [1.82, 2.24) is 0 Å². The van der Waals surface area contributed by atoms with Gasteiger partial charge in [-0.05, 0) is 24.1 Å². The van der Waals surface area contributed by atoms with Crippen LogP contribution >= 0.6 is 0 Å². The van der Waals surface area contributed by atoms with Crippen LogP contribution < -0.4 is 14.9 Å². The van der Waals surface area contributed by atoms with E-state index in [1.54, 1.807) is 43.5 Å². The van der Waals surface area contributed by atoms with Crippen molar-refractivity contribution in [3.63, 3.8) is 0 Å². The van der Waals surface area contributed by atoms with E-state index in [2.05, 4.69) is 6.58 Å². The number of ether oxygens (including phenoxy) is 3. The van der Waals surface area contributed by atoms with Gasteiger partial charge in [-0.2, -0.15) is 0 Å². The first-order valence-corrected chi connectivity index (χ1v) is 8.28. The van der Waals surface area contributed by atoms with E-state index in [0.717, 1.165) is 0 Å². The largest absolute Gasteiger partial charge is 0.507 e. The van der Waals surface area contributed by atoms with Crippen LogP contribution in [-0.4, -0.2) is 26.1 Å². The molecule has 0 spiro atoms. The summed E-state index contributed by atoms with van der Waals surface area (Å²) < 4.78 is 21.3. The fraction of sp³-hybridized carbons (Fsp3) is 0.190. The molecule has 27 heavy (non-hydrogen) atoms. The van der Waals surface area contributed by atoms with Crippen molar-refractivity contribution in [2.75, 3.05) is 21.0 Å². The molecule has 0 amide bonds. The molecule has 3 aromatic rings. The van der Waals surface area contributed by atoms with Gasteiger partial charge in [-0.1, -0.05) is 18.2 Å². The Balaban J connectivity index is 2.24. The molecule has 1 heterocycles. The van der Waals surface area contributed by atoms with E-state index in [1.807, 2.05) is 0 Å². The first kappa shape index (κ1) is 18.5. The van der Waals surface area contributed by atoms with Gasteiger partial charge in [0, 0.05) is 18.7 Å². The number of benzene rings is 2. The lowest BCUT2D eigenvalue weighted by Gasteiger charge is -2.13. The maximum Gasteiger partial charge on any atom is 0.204 e. The number of phenolic OH excluding ortho intramolecular Hbond substituents is 1. The summed E-state index contributed by atoms with van der Waals surface area (Å²) >= 11 is 0. The van der Waals surface area contributed by atoms with Crippen LogP contribution in [0.15, 0.2) is 58.5 Å². The molecule has 0 unspecified atom stereocenters. The van der Waals surface area contributed by atoms with E-state index in [1.165, 1.54) is 13.4 Å². The quantitative estimate of drug-likeness (QED) is 0.504. The van der Waals surface area contributed by atoms with Gasteiger partial charge in [0.1, 0.15) is 34.5 Å². The minimum atomic E-state index is -0.342. The summed E-state index contributed by atoms with van der Waals surface area (Å²) in [5, 5.41) is 10.9. The number of aromatic hydroxyl groups is 1. The molecule has 0 aliphatic rings. The van der Waals surface area contributed by atoms with Crippen molar-refractivity contribution in [1.29, 1.82) is 0 Å². The molecule has 140 valence electrons. The summed E-state index contributed by atoms with van der Waals surface area (Å²) in [5.74, 6) is 0.808. The van der Waals surface area contributed by atoms with Crippen molar-refractivity contribution in [3.8, 4) is 28.4 Å². The van der Waals surface area contributed by atoms with E-state index in [0.29, 0.717) is 34.6 Å². The zero-order valence-corrected chi connectivity index (χ0v) is 15.2. The lowest BCUT2D eigenvalue weighted by Crippen LogP contribution is -2.08. The average Bonchev–Trinajstić information content (AvgIpc) is 2.69. The first-order valence-electron chi connectivity index (χ1n) is 8.28. The lowest BCUT2D eigenvalue weighted by atomic mass is 10.0. The Bertz CT molecular complexity index is 1030. The molecular formula is C21H20O6. The third-order valence-corrected chi connectivity index (χ3v) is 4.17. The Morgan fingerprint density at radius 2 is 2.07 bits per heavy atom. The summed E-state index contributed by atoms with van der Waals surface area (Å²) in [4.78, 5) is 13.1. The Hall–Kier alpha value is -3.25. The number of fused-ring (bicyclic) bond motifs is 1. The van der Waals surface area contributed by atoms with Crippen LogP contribution in [0.3, 0.4) is 0 Å². The Morgan fingerprint density at radius 1 is 1.26 bits per heavy atom. The standard InChI is InChI=1S/C21H20O6/c1-4-6-15-17(27-12-24-2)10-18-19(20(15)22)21(23)16(11-26-18)13-7-5-8-14(9-13)25-3/h4-5,7-11,22H,1,6,12H2,2-3H3. The van der Waals surface area contributed by atoms with E-state index >= 15 is 0 Å². The number of allylic oxidation sites excluding steroid dienone is 1. The number of methoxy groups -OCH3 is 2. The molecular weight excluding hydrogens is 348 g/mol. The zero-order chi connectivity index (χ0) is 19.4. The SMILES string of the molecule is C=CCc1c(OCOC)cc2occ(-c3cccc(OC)c3)c(=O)c2c1O. The van der Waals surface area contributed by atoms with Crippen LogP contribution in [0.4, 0.5) is 0 Å². The molecule has 0 saturated carbocycles. The van der Waals surface area contributed by atoms with Crippen molar-refractivity contribution < 1.29 is 23.7 Å². The maximum atomic E-state index is 13.1. The van der Waals surface area contributed by atoms with Gasteiger partial charge in [-0.15, -0.1) is 6.58 Å². The van der Waals surface area contributed by atoms with Gasteiger partial charge in [0.2, 0.25) is 5.43 Å². The van der Waals surface area contributed by atoms with Crippen LogP contribution in [0, 0.1) is 0 Å². The summed E-state index contributed by atoms with van der Waals surface area (Å²) in [6.45, 7) is 3.69. The highest BCUT2D eigenvalue weighted by molar-refractivity contribution is 5.90. The first-order chi connectivity index (χ1) is 13.1. The Labute approximate surface area is 156 Å². The van der Waals surface area contributed by atoms with Gasteiger partial charge in [0.05, 0.1) is 12.7 Å². The molecule has 1 aromatic heterocycles. The van der Waals surface area contributed by atoms with Crippen LogP contribution in [0.25, 0.3) is 22.1 Å². The summed E-state index contributed by atoms with van der Waals surface area (Å²) in [6, 6.07) is 8.64. The maximum absolute atomic E-state index is 13.1. The zero-order valence-electron chi connectivity index (χ0n) is 15.2. The van der Waals surface area contributed by atoms with E-state index < -0.39 is 0 Å². The minimum Gasteiger partial charge on any atom is -0.507 e. The van der Waals surface area contributed by atoms with Crippen LogP contribution in [0.2, 0.25) is 0 Å². The van der Waals surface area contributed by atoms with E-state index in [4.69, 9.17) is 18.6 Å². The number of phenols is 1. The molecule has 2 aromatic carbocycles. The molecule has 0 fully saturated rings. The molecule has 0 saturated heterocycles. The number of hydrogen-bond acceptors (Lipinski definition) is 6. The fourth-order valence-corrected chi connectivity index (χ4v) is 2.87. The normalized spacial score (nSPS) is 10.7. The van der Waals surface area contributed by atoms with Crippen LogP contribution in [0.1, 0.15) is 5.56 Å². The van der Waals surface area contributed by atoms with Gasteiger partial charge in [0.25, 0.3) is 0 Å². The Morgan fingerprint density at radius 3 is 2.78 bits per heavy atom. The molecule has 0 aliphatic carbocycles. The van der Waals surface area contributed by atoms with Gasteiger partial charge >= 0.3 is 0 Å². The monoisotopic (exact) mass is 368 g/mol. The second kappa shape index (κ2) is 7.97. The van der Waals surface area contributed by atoms with Gasteiger partial charge < -0.3 is 23.7 Å². The van der Waals surface area contributed by atoms with E-state index in [-0.39, 0.29) is 28.9 Å². The lowest BCUT2D eigenvalue weighted by molar-refractivity contribution is 0.0504. The van der Waals surface area contributed by atoms with Gasteiger partial charge in [-0.3, -0.25) is 4.79 Å². The second-order valence-electron chi connectivity index (χ2n) is 5.83. The molecule has 0 atom stereocenters. The predicted molar refractivity (Wildman–Crippen MR) is 103 cm³/mol. The third kappa shape index (κ3) is 3.52. The number of hydrogen-bond donors (Lipinski definition) is 1. The minimum absolute atomic E-state index is 0.00121. The van der Waals surface area contributed by atoms with Gasteiger partial charge in [0.15, 0.2) is 6.79 Å². The summed E-state index contributed by atoms with van der Waals surface area (Å²) in [7, 11) is 3.05. The summed E-state index contributed by atoms with van der Waals surface area (Å²) in [5.41, 5.74) is 1.29. The summed E-state index contributed by atoms with van der Waals surface area (Å²) in [6.07, 6.45) is 3.31. The predicted octanol–water partition coefficient (Wildman–Crippen LogP) is 3.89. The highest BCUT2D eigenvalue weighted by Crippen LogP contribution is 2.36. The molecule has 6 heteroatoms. The van der Waals surface area contributed by atoms with Crippen molar-refractivity contribution in [2.45, 2.75) is 6.42 Å². The number of rotatable bonds is 7. The van der Waals surface area contributed by atoms with Crippen molar-refractivity contribution >= 4 is 11.0 Å². The van der Waals surface area contributed by atoms with Crippen molar-refractivity contribution in [2.24, 2.45) is 0 Å². The molecule has 0 radical (unpaired) electrons. The fourth-order valence-electron chi connectivity index (χ4n) is 2.87. The molecule has 0 aliphatic heterocycles. The second-order valence-corrected chi connectivity index (χ2v) is 5.83. The van der Waals surface area contributed by atoms with Gasteiger partial charge in [-0.25, -0.2) is 0 Å². The van der Waals surface area contributed by atoms with Crippen LogP contribution in [0.5, 0.6) is 17.2 Å². The molecule has 6 nitrogen and oxygen atoms in total. The van der Waals surface area contributed by atoms with E-state index in [9.17, 15) is 9.90 Å². The average molecular weight is 368 g/mol. The highest BCUT2D eigenvalue weighted by atomic mass is 16.7. The molecule has 1 N–H and O–H groups in total. The van der Waals surface area contributed by atoms with Crippen molar-refractivity contribution in [3.05, 3.63) is 65.0 Å². The topological polar surface area (TPSA) is 78.1 Å². The third-order valence-electron chi connectivity index (χ3n) is 4.17. The Kier molecular flexibility index (Phi) is 5.47. The molecule has 0 bridgehead atoms. The smallest absolute Gasteiger partial charge is 0.204 e. The van der Waals surface area contributed by atoms with Crippen LogP contribution in [-0.2, 0) is 11.2 Å². The molecule has 3 rings (SSSR count). The highest BCUT2D eigenvalue weighted by Gasteiger charge is 2.19.